The van der Waals surface area contributed by atoms with Crippen LogP contribution in [-0.4, -0.2) is 16.3 Å². The van der Waals surface area contributed by atoms with E-state index in [2.05, 4.69) is 16.0 Å². The maximum absolute atomic E-state index is 8.78. The number of aliphatic hydroxyl groups excluding tert-OH is 1. The van der Waals surface area contributed by atoms with Crippen molar-refractivity contribution in [2.45, 2.75) is 13.1 Å². The first kappa shape index (κ1) is 7.43. The van der Waals surface area contributed by atoms with Gasteiger partial charge in [0, 0.05) is 25.0 Å². The van der Waals surface area contributed by atoms with Crippen molar-refractivity contribution in [3.8, 4) is 0 Å². The van der Waals surface area contributed by atoms with Gasteiger partial charge in [-0.2, -0.15) is 0 Å². The van der Waals surface area contributed by atoms with E-state index in [1.54, 1.807) is 0 Å². The van der Waals surface area contributed by atoms with E-state index in [1.807, 2.05) is 18.5 Å². The molecule has 0 aromatic carbocycles. The Bertz CT molecular complexity index is 301. The second-order valence-electron chi connectivity index (χ2n) is 2.86. The highest BCUT2D eigenvalue weighted by Gasteiger charge is 2.07. The molecule has 3 heteroatoms. The highest BCUT2D eigenvalue weighted by atomic mass is 16.3. The summed E-state index contributed by atoms with van der Waals surface area (Å²) in [5, 5.41) is 11.9. The maximum Gasteiger partial charge on any atom is 0.0610 e. The molecule has 0 saturated heterocycles. The van der Waals surface area contributed by atoms with Gasteiger partial charge in [-0.25, -0.2) is 0 Å². The quantitative estimate of drug-likeness (QED) is 0.670. The maximum atomic E-state index is 8.78. The Morgan fingerprint density at radius 2 is 2.50 bits per heavy atom. The Balaban J connectivity index is 2.34. The second-order valence-corrected chi connectivity index (χ2v) is 2.86. The topological polar surface area (TPSA) is 37.2 Å². The fourth-order valence-corrected chi connectivity index (χ4v) is 1.49. The molecular formula is C9H12N2O. The predicted molar refractivity (Wildman–Crippen MR) is 47.4 cm³/mol. The molecule has 64 valence electrons. The van der Waals surface area contributed by atoms with Gasteiger partial charge >= 0.3 is 0 Å². The first-order valence-corrected chi connectivity index (χ1v) is 4.10. The molecule has 0 atom stereocenters. The summed E-state index contributed by atoms with van der Waals surface area (Å²) in [5.74, 6) is 0. The van der Waals surface area contributed by atoms with Crippen LogP contribution in [0.3, 0.4) is 0 Å². The average Bonchev–Trinajstić information content (AvgIpc) is 2.50. The molecular weight excluding hydrogens is 152 g/mol. The molecule has 0 spiro atoms. The van der Waals surface area contributed by atoms with E-state index in [0.717, 1.165) is 6.54 Å². The van der Waals surface area contributed by atoms with Crippen LogP contribution in [0, 0.1) is 0 Å². The molecule has 1 aromatic rings. The van der Waals surface area contributed by atoms with E-state index in [1.165, 1.54) is 11.3 Å². The van der Waals surface area contributed by atoms with Crippen molar-refractivity contribution in [2.24, 2.45) is 0 Å². The smallest absolute Gasteiger partial charge is 0.0610 e. The molecule has 2 N–H and O–H groups in total. The molecule has 0 aliphatic carbocycles. The van der Waals surface area contributed by atoms with Crippen molar-refractivity contribution in [1.82, 2.24) is 9.88 Å². The Morgan fingerprint density at radius 3 is 3.33 bits per heavy atom. The summed E-state index contributed by atoms with van der Waals surface area (Å²) in [6.07, 6.45) is 5.99. The van der Waals surface area contributed by atoms with Crippen LogP contribution >= 0.6 is 0 Å². The average molecular weight is 164 g/mol. The fourth-order valence-electron chi connectivity index (χ4n) is 1.49. The number of nitrogens with one attached hydrogen (secondary N) is 1. The van der Waals surface area contributed by atoms with Gasteiger partial charge in [0.15, 0.2) is 0 Å². The molecule has 0 saturated carbocycles. The minimum Gasteiger partial charge on any atom is -0.395 e. The van der Waals surface area contributed by atoms with Gasteiger partial charge in [-0.1, -0.05) is 0 Å². The Morgan fingerprint density at radius 1 is 1.58 bits per heavy atom. The first-order valence-electron chi connectivity index (χ1n) is 4.10. The molecule has 1 aliphatic heterocycles. The van der Waals surface area contributed by atoms with Crippen molar-refractivity contribution < 1.29 is 5.11 Å². The monoisotopic (exact) mass is 164 g/mol. The largest absolute Gasteiger partial charge is 0.395 e. The standard InChI is InChI=1S/C9H12N2O/c12-6-5-11-4-2-8-7-10-3-1-9(8)11/h1-4,10,12H,5-7H2. The number of hydrogen-bond donors (Lipinski definition) is 2. The van der Waals surface area contributed by atoms with Crippen LogP contribution in [0.15, 0.2) is 18.5 Å². The van der Waals surface area contributed by atoms with Crippen LogP contribution in [0.2, 0.25) is 0 Å². The molecule has 0 amide bonds. The molecule has 0 fully saturated rings. The normalized spacial score (nSPS) is 14.1. The highest BCUT2D eigenvalue weighted by molar-refractivity contribution is 5.52. The molecule has 12 heavy (non-hydrogen) atoms. The molecule has 0 unspecified atom stereocenters. The van der Waals surface area contributed by atoms with E-state index >= 15 is 0 Å². The van der Waals surface area contributed by atoms with Gasteiger partial charge in [-0.15, -0.1) is 0 Å². The molecule has 0 radical (unpaired) electrons. The zero-order chi connectivity index (χ0) is 8.39. The minimum absolute atomic E-state index is 0.197. The zero-order valence-electron chi connectivity index (χ0n) is 6.83. The Labute approximate surface area is 71.3 Å². The van der Waals surface area contributed by atoms with Gasteiger partial charge in [0.25, 0.3) is 0 Å². The van der Waals surface area contributed by atoms with E-state index in [9.17, 15) is 0 Å². The summed E-state index contributed by atoms with van der Waals surface area (Å²) in [6.45, 7) is 1.77. The van der Waals surface area contributed by atoms with Crippen molar-refractivity contribution in [3.63, 3.8) is 0 Å². The van der Waals surface area contributed by atoms with E-state index < -0.39 is 0 Å². The lowest BCUT2D eigenvalue weighted by atomic mass is 10.2. The van der Waals surface area contributed by atoms with Crippen LogP contribution in [0.25, 0.3) is 6.08 Å². The van der Waals surface area contributed by atoms with Crippen LogP contribution in [0.4, 0.5) is 0 Å². The lowest BCUT2D eigenvalue weighted by Gasteiger charge is -2.10. The number of rotatable bonds is 2. The number of aliphatic hydroxyl groups is 1. The van der Waals surface area contributed by atoms with Crippen molar-refractivity contribution in [3.05, 3.63) is 29.7 Å². The van der Waals surface area contributed by atoms with Crippen molar-refractivity contribution >= 4 is 6.08 Å². The first-order chi connectivity index (χ1) is 5.92. The number of aromatic nitrogens is 1. The molecule has 2 heterocycles. The van der Waals surface area contributed by atoms with Crippen molar-refractivity contribution in [1.29, 1.82) is 0 Å². The second kappa shape index (κ2) is 3.03. The minimum atomic E-state index is 0.197. The molecule has 1 aromatic heterocycles. The third-order valence-corrected chi connectivity index (χ3v) is 2.09. The van der Waals surface area contributed by atoms with Crippen LogP contribution < -0.4 is 5.32 Å². The summed E-state index contributed by atoms with van der Waals surface area (Å²) in [6, 6.07) is 2.08. The number of nitrogens with zero attached hydrogens (tertiary/aromatic N) is 1. The summed E-state index contributed by atoms with van der Waals surface area (Å²) in [7, 11) is 0. The lowest BCUT2D eigenvalue weighted by molar-refractivity contribution is 0.276. The highest BCUT2D eigenvalue weighted by Crippen LogP contribution is 2.15. The summed E-state index contributed by atoms with van der Waals surface area (Å²) >= 11 is 0. The van der Waals surface area contributed by atoms with Crippen LogP contribution in [0.1, 0.15) is 11.3 Å². The zero-order valence-corrected chi connectivity index (χ0v) is 6.83. The van der Waals surface area contributed by atoms with Crippen LogP contribution in [0.5, 0.6) is 0 Å². The van der Waals surface area contributed by atoms with E-state index in [4.69, 9.17) is 5.11 Å². The van der Waals surface area contributed by atoms with Gasteiger partial charge in [-0.3, -0.25) is 0 Å². The Kier molecular flexibility index (Phi) is 1.87. The van der Waals surface area contributed by atoms with Gasteiger partial charge < -0.3 is 15.0 Å². The van der Waals surface area contributed by atoms with Gasteiger partial charge in [-0.05, 0) is 23.9 Å². The van der Waals surface area contributed by atoms with E-state index in [-0.39, 0.29) is 6.61 Å². The molecule has 2 rings (SSSR count). The van der Waals surface area contributed by atoms with Crippen molar-refractivity contribution in [2.75, 3.05) is 6.61 Å². The van der Waals surface area contributed by atoms with Crippen LogP contribution in [-0.2, 0) is 13.1 Å². The third kappa shape index (κ3) is 1.12. The summed E-state index contributed by atoms with van der Waals surface area (Å²) in [5.41, 5.74) is 2.51. The molecule has 3 nitrogen and oxygen atoms in total. The summed E-state index contributed by atoms with van der Waals surface area (Å²) in [4.78, 5) is 0. The SMILES string of the molecule is OCCn1ccc2c1C=CNC2. The predicted octanol–water partition coefficient (Wildman–Crippen LogP) is 0.554. The van der Waals surface area contributed by atoms with Gasteiger partial charge in [0.1, 0.15) is 0 Å². The van der Waals surface area contributed by atoms with E-state index in [0.29, 0.717) is 6.54 Å². The number of hydrogen-bond acceptors (Lipinski definition) is 2. The fraction of sp³-hybridized carbons (Fsp3) is 0.333. The lowest BCUT2D eigenvalue weighted by Crippen LogP contribution is -2.12. The molecule has 1 aliphatic rings. The molecule has 0 bridgehead atoms. The Hall–Kier alpha value is -1.22. The van der Waals surface area contributed by atoms with Gasteiger partial charge in [0.05, 0.1) is 6.61 Å². The summed E-state index contributed by atoms with van der Waals surface area (Å²) < 4.78 is 2.06. The third-order valence-electron chi connectivity index (χ3n) is 2.09. The number of fused-ring (bicyclic) bond motifs is 1. The van der Waals surface area contributed by atoms with Gasteiger partial charge in [0.2, 0.25) is 0 Å².